The van der Waals surface area contributed by atoms with Gasteiger partial charge in [-0.25, -0.2) is 0 Å². The van der Waals surface area contributed by atoms with E-state index in [9.17, 15) is 14.4 Å². The molecule has 0 spiro atoms. The SMILES string of the molecule is O=C(CCl)Nc1ccc(Cl)c2c1C(=O)c1ccccc1C2=O. The van der Waals surface area contributed by atoms with Crippen LogP contribution in [0, 0.1) is 0 Å². The van der Waals surface area contributed by atoms with Crippen LogP contribution in [0.4, 0.5) is 5.69 Å². The Morgan fingerprint density at radius 1 is 0.955 bits per heavy atom. The van der Waals surface area contributed by atoms with Crippen molar-refractivity contribution >= 4 is 46.4 Å². The van der Waals surface area contributed by atoms with Crippen molar-refractivity contribution in [3.63, 3.8) is 0 Å². The molecular formula is C16H9Cl2NO3. The standard InChI is InChI=1S/C16H9Cl2NO3/c17-7-12(20)19-11-6-5-10(18)13-14(11)16(22)9-4-2-1-3-8(9)15(13)21/h1-6H,7H2,(H,19,20). The Morgan fingerprint density at radius 3 is 2.14 bits per heavy atom. The molecule has 2 aromatic rings. The Hall–Kier alpha value is -2.17. The highest BCUT2D eigenvalue weighted by molar-refractivity contribution is 6.40. The van der Waals surface area contributed by atoms with Gasteiger partial charge in [0.25, 0.3) is 0 Å². The Kier molecular flexibility index (Phi) is 3.72. The summed E-state index contributed by atoms with van der Waals surface area (Å²) >= 11 is 11.6. The maximum Gasteiger partial charge on any atom is 0.239 e. The third-order valence-corrected chi connectivity index (χ3v) is 3.98. The summed E-state index contributed by atoms with van der Waals surface area (Å²) in [6, 6.07) is 9.48. The molecule has 0 radical (unpaired) electrons. The van der Waals surface area contributed by atoms with Gasteiger partial charge in [-0.3, -0.25) is 14.4 Å². The van der Waals surface area contributed by atoms with Gasteiger partial charge in [0, 0.05) is 11.1 Å². The molecule has 110 valence electrons. The highest BCUT2D eigenvalue weighted by Gasteiger charge is 2.33. The van der Waals surface area contributed by atoms with Crippen LogP contribution >= 0.6 is 23.2 Å². The highest BCUT2D eigenvalue weighted by atomic mass is 35.5. The molecule has 22 heavy (non-hydrogen) atoms. The van der Waals surface area contributed by atoms with Gasteiger partial charge in [-0.1, -0.05) is 35.9 Å². The lowest BCUT2D eigenvalue weighted by molar-refractivity contribution is -0.113. The summed E-state index contributed by atoms with van der Waals surface area (Å²) in [6.45, 7) is 0. The fraction of sp³-hybridized carbons (Fsp3) is 0.0625. The zero-order valence-electron chi connectivity index (χ0n) is 11.2. The average Bonchev–Trinajstić information content (AvgIpc) is 2.54. The molecule has 1 amide bonds. The van der Waals surface area contributed by atoms with Crippen molar-refractivity contribution in [1.82, 2.24) is 0 Å². The maximum absolute atomic E-state index is 12.7. The summed E-state index contributed by atoms with van der Waals surface area (Å²) in [4.78, 5) is 36.8. The van der Waals surface area contributed by atoms with Crippen molar-refractivity contribution in [3.8, 4) is 0 Å². The van der Waals surface area contributed by atoms with Crippen molar-refractivity contribution < 1.29 is 14.4 Å². The zero-order chi connectivity index (χ0) is 15.9. The molecule has 1 N–H and O–H groups in total. The zero-order valence-corrected chi connectivity index (χ0v) is 12.7. The monoisotopic (exact) mass is 333 g/mol. The van der Waals surface area contributed by atoms with Gasteiger partial charge in [0.05, 0.1) is 21.8 Å². The van der Waals surface area contributed by atoms with Crippen molar-refractivity contribution in [2.24, 2.45) is 0 Å². The third-order valence-electron chi connectivity index (χ3n) is 3.42. The van der Waals surface area contributed by atoms with Crippen LogP contribution in [0.25, 0.3) is 0 Å². The molecule has 1 aliphatic rings. The number of halogens is 2. The van der Waals surface area contributed by atoms with Crippen LogP contribution in [-0.4, -0.2) is 23.4 Å². The van der Waals surface area contributed by atoms with Gasteiger partial charge < -0.3 is 5.32 Å². The molecular weight excluding hydrogens is 325 g/mol. The summed E-state index contributed by atoms with van der Waals surface area (Å²) in [5, 5.41) is 2.70. The molecule has 0 saturated carbocycles. The van der Waals surface area contributed by atoms with E-state index in [1.165, 1.54) is 12.1 Å². The molecule has 0 fully saturated rings. The summed E-state index contributed by atoms with van der Waals surface area (Å²) in [5.41, 5.74) is 1.05. The number of fused-ring (bicyclic) bond motifs is 2. The van der Waals surface area contributed by atoms with Gasteiger partial charge in [-0.2, -0.15) is 0 Å². The number of hydrogen-bond donors (Lipinski definition) is 1. The lowest BCUT2D eigenvalue weighted by Gasteiger charge is -2.21. The number of carbonyl (C=O) groups is 3. The first-order valence-electron chi connectivity index (χ1n) is 6.41. The number of nitrogens with one attached hydrogen (secondary N) is 1. The number of ketones is 2. The Balaban J connectivity index is 2.25. The van der Waals surface area contributed by atoms with Crippen molar-refractivity contribution in [1.29, 1.82) is 0 Å². The van der Waals surface area contributed by atoms with E-state index >= 15 is 0 Å². The predicted octanol–water partition coefficient (Wildman–Crippen LogP) is 3.29. The minimum absolute atomic E-state index is 0.106. The number of carbonyl (C=O) groups excluding carboxylic acids is 3. The molecule has 0 aromatic heterocycles. The smallest absolute Gasteiger partial charge is 0.239 e. The van der Waals surface area contributed by atoms with Gasteiger partial charge in [-0.15, -0.1) is 11.6 Å². The van der Waals surface area contributed by atoms with Crippen LogP contribution in [0.5, 0.6) is 0 Å². The van der Waals surface area contributed by atoms with E-state index < -0.39 is 5.91 Å². The second kappa shape index (κ2) is 5.55. The predicted molar refractivity (Wildman–Crippen MR) is 84.1 cm³/mol. The van der Waals surface area contributed by atoms with Crippen molar-refractivity contribution in [2.45, 2.75) is 0 Å². The van der Waals surface area contributed by atoms with Crippen molar-refractivity contribution in [2.75, 3.05) is 11.2 Å². The average molecular weight is 334 g/mol. The summed E-state index contributed by atoms with van der Waals surface area (Å²) in [6.07, 6.45) is 0. The lowest BCUT2D eigenvalue weighted by atomic mass is 9.83. The van der Waals surface area contributed by atoms with Crippen LogP contribution in [0.15, 0.2) is 36.4 Å². The van der Waals surface area contributed by atoms with Gasteiger partial charge >= 0.3 is 0 Å². The molecule has 0 atom stereocenters. The number of amides is 1. The number of rotatable bonds is 2. The van der Waals surface area contributed by atoms with Crippen molar-refractivity contribution in [3.05, 3.63) is 63.7 Å². The highest BCUT2D eigenvalue weighted by Crippen LogP contribution is 2.36. The van der Waals surface area contributed by atoms with Crippen LogP contribution in [0.1, 0.15) is 31.8 Å². The topological polar surface area (TPSA) is 63.2 Å². The maximum atomic E-state index is 12.7. The molecule has 0 unspecified atom stereocenters. The molecule has 0 heterocycles. The molecule has 6 heteroatoms. The summed E-state index contributed by atoms with van der Waals surface area (Å²) in [7, 11) is 0. The fourth-order valence-corrected chi connectivity index (χ4v) is 2.78. The van der Waals surface area contributed by atoms with Crippen LogP contribution in [0.3, 0.4) is 0 Å². The van der Waals surface area contributed by atoms with E-state index in [1.807, 2.05) is 0 Å². The minimum atomic E-state index is -0.467. The Bertz CT molecular complexity index is 830. The normalized spacial score (nSPS) is 12.6. The van der Waals surface area contributed by atoms with Crippen LogP contribution < -0.4 is 5.32 Å². The molecule has 4 nitrogen and oxygen atoms in total. The molecule has 1 aliphatic carbocycles. The number of anilines is 1. The number of alkyl halides is 1. The fourth-order valence-electron chi connectivity index (χ4n) is 2.47. The van der Waals surface area contributed by atoms with E-state index in [-0.39, 0.29) is 39.3 Å². The lowest BCUT2D eigenvalue weighted by Crippen LogP contribution is -2.24. The van der Waals surface area contributed by atoms with Gasteiger partial charge in [0.15, 0.2) is 11.6 Å². The second-order valence-electron chi connectivity index (χ2n) is 4.73. The first-order valence-corrected chi connectivity index (χ1v) is 7.32. The van der Waals surface area contributed by atoms with Crippen LogP contribution in [-0.2, 0) is 4.79 Å². The molecule has 0 saturated heterocycles. The van der Waals surface area contributed by atoms with E-state index in [0.717, 1.165) is 0 Å². The van der Waals surface area contributed by atoms with E-state index in [4.69, 9.17) is 23.2 Å². The molecule has 3 rings (SSSR count). The molecule has 0 aliphatic heterocycles. The van der Waals surface area contributed by atoms with Gasteiger partial charge in [0.2, 0.25) is 5.91 Å². The van der Waals surface area contributed by atoms with Gasteiger partial charge in [-0.05, 0) is 12.1 Å². The Morgan fingerprint density at radius 2 is 1.55 bits per heavy atom. The first kappa shape index (κ1) is 14.8. The quantitative estimate of drug-likeness (QED) is 0.732. The third kappa shape index (κ3) is 2.21. The first-order chi connectivity index (χ1) is 10.5. The van der Waals surface area contributed by atoms with E-state index in [2.05, 4.69) is 5.32 Å². The summed E-state index contributed by atoms with van der Waals surface area (Å²) < 4.78 is 0. The molecule has 2 aromatic carbocycles. The minimum Gasteiger partial charge on any atom is -0.324 e. The van der Waals surface area contributed by atoms with E-state index in [1.54, 1.807) is 24.3 Å². The second-order valence-corrected chi connectivity index (χ2v) is 5.41. The van der Waals surface area contributed by atoms with E-state index in [0.29, 0.717) is 11.1 Å². The molecule has 0 bridgehead atoms. The number of hydrogen-bond acceptors (Lipinski definition) is 3. The summed E-state index contributed by atoms with van der Waals surface area (Å²) in [5.74, 6) is -1.41. The number of benzene rings is 2. The largest absolute Gasteiger partial charge is 0.324 e. The Labute approximate surface area is 136 Å². The van der Waals surface area contributed by atoms with Crippen LogP contribution in [0.2, 0.25) is 5.02 Å². The van der Waals surface area contributed by atoms with Gasteiger partial charge in [0.1, 0.15) is 5.88 Å².